The minimum Gasteiger partial charge on any atom is -0.377 e. The number of carbonyl (C=O) groups is 1. The molecule has 0 heterocycles. The highest BCUT2D eigenvalue weighted by atomic mass is 16.2. The highest BCUT2D eigenvalue weighted by Gasteiger charge is 2.27. The Morgan fingerprint density at radius 2 is 1.65 bits per heavy atom. The molecule has 0 saturated carbocycles. The van der Waals surface area contributed by atoms with Crippen LogP contribution in [0.3, 0.4) is 0 Å². The van der Waals surface area contributed by atoms with E-state index in [0.717, 1.165) is 29.9 Å². The van der Waals surface area contributed by atoms with Crippen molar-refractivity contribution in [1.29, 1.82) is 0 Å². The maximum absolute atomic E-state index is 12.9. The SMILES string of the molecule is CCN(CC)C(=O)c1c(N(C)C)cccc1C(C)(C)C. The normalized spacial score (nSPS) is 11.3. The average Bonchev–Trinajstić information content (AvgIpc) is 2.37. The average molecular weight is 276 g/mol. The molecule has 3 heteroatoms. The van der Waals surface area contributed by atoms with Gasteiger partial charge in [-0.25, -0.2) is 0 Å². The molecule has 0 saturated heterocycles. The summed E-state index contributed by atoms with van der Waals surface area (Å²) in [6.07, 6.45) is 0. The summed E-state index contributed by atoms with van der Waals surface area (Å²) in [7, 11) is 3.97. The summed E-state index contributed by atoms with van der Waals surface area (Å²) in [6.45, 7) is 12.0. The molecule has 0 aromatic heterocycles. The fraction of sp³-hybridized carbons (Fsp3) is 0.588. The summed E-state index contributed by atoms with van der Waals surface area (Å²) >= 11 is 0. The lowest BCUT2D eigenvalue weighted by Crippen LogP contribution is -2.34. The first-order valence-corrected chi connectivity index (χ1v) is 7.34. The van der Waals surface area contributed by atoms with E-state index in [-0.39, 0.29) is 11.3 Å². The van der Waals surface area contributed by atoms with Crippen molar-refractivity contribution in [2.45, 2.75) is 40.0 Å². The Morgan fingerprint density at radius 3 is 2.05 bits per heavy atom. The lowest BCUT2D eigenvalue weighted by atomic mass is 9.82. The molecule has 0 fully saturated rings. The molecular weight excluding hydrogens is 248 g/mol. The Bertz CT molecular complexity index is 468. The topological polar surface area (TPSA) is 23.6 Å². The minimum atomic E-state index is -0.0514. The van der Waals surface area contributed by atoms with E-state index < -0.39 is 0 Å². The van der Waals surface area contributed by atoms with Gasteiger partial charge in [-0.2, -0.15) is 0 Å². The van der Waals surface area contributed by atoms with Gasteiger partial charge in [0.05, 0.1) is 5.56 Å². The van der Waals surface area contributed by atoms with Crippen LogP contribution >= 0.6 is 0 Å². The summed E-state index contributed by atoms with van der Waals surface area (Å²) in [4.78, 5) is 16.8. The van der Waals surface area contributed by atoms with Crippen LogP contribution in [0.2, 0.25) is 0 Å². The number of benzene rings is 1. The van der Waals surface area contributed by atoms with E-state index in [1.165, 1.54) is 0 Å². The van der Waals surface area contributed by atoms with Crippen LogP contribution in [0.4, 0.5) is 5.69 Å². The van der Waals surface area contributed by atoms with Crippen LogP contribution in [0.15, 0.2) is 18.2 Å². The van der Waals surface area contributed by atoms with Crippen molar-refractivity contribution >= 4 is 11.6 Å². The van der Waals surface area contributed by atoms with Gasteiger partial charge in [0.15, 0.2) is 0 Å². The van der Waals surface area contributed by atoms with Crippen LogP contribution in [0.5, 0.6) is 0 Å². The number of amides is 1. The van der Waals surface area contributed by atoms with Gasteiger partial charge in [0.25, 0.3) is 5.91 Å². The van der Waals surface area contributed by atoms with Crippen molar-refractivity contribution < 1.29 is 4.79 Å². The molecule has 1 amide bonds. The van der Waals surface area contributed by atoms with Crippen molar-refractivity contribution in [2.24, 2.45) is 0 Å². The highest BCUT2D eigenvalue weighted by Crippen LogP contribution is 2.32. The molecule has 0 aliphatic rings. The molecule has 3 nitrogen and oxygen atoms in total. The number of anilines is 1. The second kappa shape index (κ2) is 6.29. The first kappa shape index (κ1) is 16.5. The molecular formula is C17H28N2O. The molecule has 0 unspecified atom stereocenters. The van der Waals surface area contributed by atoms with Crippen LogP contribution in [0.1, 0.15) is 50.5 Å². The third kappa shape index (κ3) is 3.33. The van der Waals surface area contributed by atoms with Gasteiger partial charge in [-0.3, -0.25) is 4.79 Å². The van der Waals surface area contributed by atoms with Crippen LogP contribution in [0, 0.1) is 0 Å². The van der Waals surface area contributed by atoms with Gasteiger partial charge in [0.2, 0.25) is 0 Å². The molecule has 1 rings (SSSR count). The molecule has 0 atom stereocenters. The second-order valence-corrected chi connectivity index (χ2v) is 6.32. The largest absolute Gasteiger partial charge is 0.377 e. The molecule has 1 aromatic carbocycles. The van der Waals surface area contributed by atoms with Gasteiger partial charge >= 0.3 is 0 Å². The molecule has 0 bridgehead atoms. The van der Waals surface area contributed by atoms with Gasteiger partial charge in [-0.15, -0.1) is 0 Å². The van der Waals surface area contributed by atoms with Gasteiger partial charge in [-0.1, -0.05) is 32.9 Å². The number of nitrogens with zero attached hydrogens (tertiary/aromatic N) is 2. The lowest BCUT2D eigenvalue weighted by molar-refractivity contribution is 0.0771. The van der Waals surface area contributed by atoms with Gasteiger partial charge in [0, 0.05) is 32.9 Å². The van der Waals surface area contributed by atoms with Crippen molar-refractivity contribution in [3.8, 4) is 0 Å². The number of hydrogen-bond acceptors (Lipinski definition) is 2. The summed E-state index contributed by atoms with van der Waals surface area (Å²) < 4.78 is 0. The van der Waals surface area contributed by atoms with E-state index in [0.29, 0.717) is 0 Å². The van der Waals surface area contributed by atoms with E-state index in [4.69, 9.17) is 0 Å². The Balaban J connectivity index is 3.51. The molecule has 0 aliphatic heterocycles. The molecule has 0 N–H and O–H groups in total. The zero-order chi connectivity index (χ0) is 15.5. The fourth-order valence-electron chi connectivity index (χ4n) is 2.43. The van der Waals surface area contributed by atoms with E-state index in [1.54, 1.807) is 0 Å². The summed E-state index contributed by atoms with van der Waals surface area (Å²) in [5.74, 6) is 0.129. The number of rotatable bonds is 4. The van der Waals surface area contributed by atoms with Crippen LogP contribution in [-0.2, 0) is 5.41 Å². The van der Waals surface area contributed by atoms with Crippen molar-refractivity contribution in [3.63, 3.8) is 0 Å². The van der Waals surface area contributed by atoms with E-state index in [2.05, 4.69) is 26.8 Å². The summed E-state index contributed by atoms with van der Waals surface area (Å²) in [6, 6.07) is 6.13. The fourth-order valence-corrected chi connectivity index (χ4v) is 2.43. The Labute approximate surface area is 123 Å². The molecule has 0 spiro atoms. The predicted octanol–water partition coefficient (Wildman–Crippen LogP) is 3.53. The van der Waals surface area contributed by atoms with Crippen molar-refractivity contribution in [2.75, 3.05) is 32.1 Å². The third-order valence-electron chi connectivity index (χ3n) is 3.60. The van der Waals surface area contributed by atoms with Gasteiger partial charge in [-0.05, 0) is 30.9 Å². The predicted molar refractivity (Wildman–Crippen MR) is 86.7 cm³/mol. The molecule has 0 aliphatic carbocycles. The maximum atomic E-state index is 12.9. The zero-order valence-electron chi connectivity index (χ0n) is 13.9. The Hall–Kier alpha value is -1.51. The van der Waals surface area contributed by atoms with Gasteiger partial charge < -0.3 is 9.80 Å². The number of hydrogen-bond donors (Lipinski definition) is 0. The van der Waals surface area contributed by atoms with Gasteiger partial charge in [0.1, 0.15) is 0 Å². The highest BCUT2D eigenvalue weighted by molar-refractivity contribution is 6.01. The number of carbonyl (C=O) groups excluding carboxylic acids is 1. The quantitative estimate of drug-likeness (QED) is 0.840. The first-order valence-electron chi connectivity index (χ1n) is 7.34. The summed E-state index contributed by atoms with van der Waals surface area (Å²) in [5.41, 5.74) is 2.90. The summed E-state index contributed by atoms with van der Waals surface area (Å²) in [5, 5.41) is 0. The first-order chi connectivity index (χ1) is 9.23. The van der Waals surface area contributed by atoms with Crippen LogP contribution in [0.25, 0.3) is 0 Å². The third-order valence-corrected chi connectivity index (χ3v) is 3.60. The monoisotopic (exact) mass is 276 g/mol. The van der Waals surface area contributed by atoms with Crippen LogP contribution < -0.4 is 4.90 Å². The molecule has 112 valence electrons. The Morgan fingerprint density at radius 1 is 1.10 bits per heavy atom. The zero-order valence-corrected chi connectivity index (χ0v) is 13.9. The van der Waals surface area contributed by atoms with E-state index in [9.17, 15) is 4.79 Å². The molecule has 20 heavy (non-hydrogen) atoms. The van der Waals surface area contributed by atoms with Crippen molar-refractivity contribution in [3.05, 3.63) is 29.3 Å². The lowest BCUT2D eigenvalue weighted by Gasteiger charge is -2.29. The minimum absolute atomic E-state index is 0.0514. The second-order valence-electron chi connectivity index (χ2n) is 6.32. The van der Waals surface area contributed by atoms with Crippen molar-refractivity contribution in [1.82, 2.24) is 4.90 Å². The van der Waals surface area contributed by atoms with Crippen LogP contribution in [-0.4, -0.2) is 38.0 Å². The standard InChI is InChI=1S/C17H28N2O/c1-8-19(9-2)16(20)15-13(17(3,4)5)11-10-12-14(15)18(6)7/h10-12H,8-9H2,1-7H3. The molecule has 1 aromatic rings. The molecule has 0 radical (unpaired) electrons. The van der Waals surface area contributed by atoms with E-state index >= 15 is 0 Å². The van der Waals surface area contributed by atoms with E-state index in [1.807, 2.05) is 49.9 Å². The Kier molecular flexibility index (Phi) is 5.21. The smallest absolute Gasteiger partial charge is 0.256 e. The maximum Gasteiger partial charge on any atom is 0.256 e.